The minimum Gasteiger partial charge on any atom is -0.497 e. The molecular formula is C26H24N4O2. The molecule has 0 saturated heterocycles. The molecule has 0 saturated carbocycles. The van der Waals surface area contributed by atoms with E-state index in [2.05, 4.69) is 29.2 Å². The fourth-order valence-electron chi connectivity index (χ4n) is 4.28. The number of pyridine rings is 1. The lowest BCUT2D eigenvalue weighted by Crippen LogP contribution is -2.21. The summed E-state index contributed by atoms with van der Waals surface area (Å²) in [5.74, 6) is 2.47. The molecule has 2 aromatic carbocycles. The van der Waals surface area contributed by atoms with Gasteiger partial charge in [0.1, 0.15) is 11.5 Å². The smallest absolute Gasteiger partial charge is 0.159 e. The van der Waals surface area contributed by atoms with Gasteiger partial charge < -0.3 is 9.47 Å². The van der Waals surface area contributed by atoms with Crippen molar-refractivity contribution >= 4 is 11.5 Å². The molecule has 32 heavy (non-hydrogen) atoms. The highest BCUT2D eigenvalue weighted by molar-refractivity contribution is 6.06. The van der Waals surface area contributed by atoms with Crippen LogP contribution in [0.2, 0.25) is 0 Å². The molecule has 0 unspecified atom stereocenters. The first kappa shape index (κ1) is 20.0. The number of ether oxygens (including phenoxy) is 2. The monoisotopic (exact) mass is 424 g/mol. The highest BCUT2D eigenvalue weighted by atomic mass is 16.5. The maximum Gasteiger partial charge on any atom is 0.159 e. The first-order valence-corrected chi connectivity index (χ1v) is 10.5. The third-order valence-electron chi connectivity index (χ3n) is 5.85. The molecule has 1 atom stereocenters. The highest BCUT2D eigenvalue weighted by Crippen LogP contribution is 2.42. The lowest BCUT2D eigenvalue weighted by Gasteiger charge is -2.25. The second-order valence-corrected chi connectivity index (χ2v) is 7.72. The molecule has 160 valence electrons. The molecule has 5 rings (SSSR count). The van der Waals surface area contributed by atoms with Gasteiger partial charge in [0.25, 0.3) is 0 Å². The van der Waals surface area contributed by atoms with Gasteiger partial charge >= 0.3 is 0 Å². The zero-order valence-electron chi connectivity index (χ0n) is 18.3. The van der Waals surface area contributed by atoms with Gasteiger partial charge in [0.2, 0.25) is 0 Å². The van der Waals surface area contributed by atoms with Crippen molar-refractivity contribution in [3.8, 4) is 22.6 Å². The van der Waals surface area contributed by atoms with E-state index in [1.807, 2.05) is 54.2 Å². The molecule has 6 nitrogen and oxygen atoms in total. The Kier molecular flexibility index (Phi) is 5.19. The number of aryl methyl sites for hydroxylation is 1. The molecule has 0 radical (unpaired) electrons. The molecule has 3 heterocycles. The van der Waals surface area contributed by atoms with Crippen molar-refractivity contribution in [1.29, 1.82) is 0 Å². The van der Waals surface area contributed by atoms with Gasteiger partial charge in [-0.05, 0) is 48.4 Å². The molecule has 0 N–H and O–H groups in total. The van der Waals surface area contributed by atoms with Crippen LogP contribution in [0, 0.1) is 6.92 Å². The lowest BCUT2D eigenvalue weighted by atomic mass is 9.95. The fourth-order valence-corrected chi connectivity index (χ4v) is 4.28. The number of hydrogen-bond acceptors (Lipinski definition) is 5. The molecule has 0 bridgehead atoms. The third-order valence-corrected chi connectivity index (χ3v) is 5.85. The Morgan fingerprint density at radius 3 is 2.47 bits per heavy atom. The molecule has 1 aliphatic rings. The van der Waals surface area contributed by atoms with Gasteiger partial charge in [-0.1, -0.05) is 30.3 Å². The quantitative estimate of drug-likeness (QED) is 0.431. The van der Waals surface area contributed by atoms with E-state index in [-0.39, 0.29) is 6.04 Å². The average Bonchev–Trinajstić information content (AvgIpc) is 3.19. The third kappa shape index (κ3) is 3.43. The number of nitrogens with zero attached hydrogens (tertiary/aromatic N) is 4. The number of benzene rings is 2. The molecule has 0 spiro atoms. The van der Waals surface area contributed by atoms with E-state index in [1.165, 1.54) is 0 Å². The summed E-state index contributed by atoms with van der Waals surface area (Å²) in [6.45, 7) is 2.03. The molecule has 2 aromatic heterocycles. The Hall–Kier alpha value is -3.93. The van der Waals surface area contributed by atoms with Crippen molar-refractivity contribution < 1.29 is 9.47 Å². The normalized spacial score (nSPS) is 15.1. The van der Waals surface area contributed by atoms with Crippen molar-refractivity contribution in [2.75, 3.05) is 14.2 Å². The number of aromatic nitrogens is 3. The summed E-state index contributed by atoms with van der Waals surface area (Å²) in [7, 11) is 3.36. The Labute approximate surface area is 187 Å². The molecule has 4 aromatic rings. The van der Waals surface area contributed by atoms with Crippen LogP contribution < -0.4 is 9.47 Å². The van der Waals surface area contributed by atoms with E-state index in [0.717, 1.165) is 51.0 Å². The molecule has 0 aliphatic carbocycles. The van der Waals surface area contributed by atoms with E-state index in [4.69, 9.17) is 19.6 Å². The van der Waals surface area contributed by atoms with Crippen LogP contribution in [0.3, 0.4) is 0 Å². The maximum absolute atomic E-state index is 5.64. The molecule has 6 heteroatoms. The maximum atomic E-state index is 5.64. The summed E-state index contributed by atoms with van der Waals surface area (Å²) in [6.07, 6.45) is 4.39. The molecule has 0 amide bonds. The Bertz CT molecular complexity index is 1280. The van der Waals surface area contributed by atoms with Crippen molar-refractivity contribution in [3.63, 3.8) is 0 Å². The number of rotatable bonds is 5. The SMILES string of the molecule is COc1ccc(-c2c(C)nn3c2N=C(c2ccccc2OC)C[C@H]3c2cccnc2)cc1. The highest BCUT2D eigenvalue weighted by Gasteiger charge is 2.30. The number of hydrogen-bond donors (Lipinski definition) is 0. The van der Waals surface area contributed by atoms with E-state index in [1.54, 1.807) is 20.4 Å². The summed E-state index contributed by atoms with van der Waals surface area (Å²) in [6, 6.07) is 20.1. The fraction of sp³-hybridized carbons (Fsp3) is 0.192. The van der Waals surface area contributed by atoms with Crippen LogP contribution in [0.5, 0.6) is 11.5 Å². The van der Waals surface area contributed by atoms with Crippen molar-refractivity contribution in [3.05, 3.63) is 89.9 Å². The van der Waals surface area contributed by atoms with E-state index >= 15 is 0 Å². The number of para-hydroxylation sites is 1. The first-order chi connectivity index (χ1) is 15.7. The topological polar surface area (TPSA) is 61.5 Å². The van der Waals surface area contributed by atoms with Gasteiger partial charge in [0, 0.05) is 29.9 Å². The number of aliphatic imine (C=N–C) groups is 1. The van der Waals surface area contributed by atoms with E-state index in [0.29, 0.717) is 6.42 Å². The van der Waals surface area contributed by atoms with Gasteiger partial charge in [-0.2, -0.15) is 5.10 Å². The Morgan fingerprint density at radius 1 is 0.938 bits per heavy atom. The van der Waals surface area contributed by atoms with Crippen LogP contribution in [0.25, 0.3) is 11.1 Å². The van der Waals surface area contributed by atoms with Crippen LogP contribution in [0.1, 0.15) is 29.3 Å². The largest absolute Gasteiger partial charge is 0.497 e. The summed E-state index contributed by atoms with van der Waals surface area (Å²) in [5.41, 5.74) is 6.07. The van der Waals surface area contributed by atoms with Crippen molar-refractivity contribution in [2.24, 2.45) is 4.99 Å². The van der Waals surface area contributed by atoms with Gasteiger partial charge in [0.15, 0.2) is 5.82 Å². The minimum absolute atomic E-state index is 0.0122. The van der Waals surface area contributed by atoms with Crippen molar-refractivity contribution in [1.82, 2.24) is 14.8 Å². The second-order valence-electron chi connectivity index (χ2n) is 7.72. The van der Waals surface area contributed by atoms with Gasteiger partial charge in [-0.3, -0.25) is 4.98 Å². The van der Waals surface area contributed by atoms with Crippen LogP contribution >= 0.6 is 0 Å². The summed E-state index contributed by atoms with van der Waals surface area (Å²) in [4.78, 5) is 9.48. The number of methoxy groups -OCH3 is 2. The summed E-state index contributed by atoms with van der Waals surface area (Å²) in [5, 5.41) is 4.92. The van der Waals surface area contributed by atoms with Gasteiger partial charge in [-0.15, -0.1) is 0 Å². The average molecular weight is 425 g/mol. The second kappa shape index (κ2) is 8.30. The lowest BCUT2D eigenvalue weighted by molar-refractivity contribution is 0.413. The van der Waals surface area contributed by atoms with Crippen LogP contribution in [-0.2, 0) is 0 Å². The molecular weight excluding hydrogens is 400 g/mol. The van der Waals surface area contributed by atoms with Crippen LogP contribution in [0.4, 0.5) is 5.82 Å². The summed E-state index contributed by atoms with van der Waals surface area (Å²) >= 11 is 0. The van der Waals surface area contributed by atoms with Gasteiger partial charge in [-0.25, -0.2) is 9.67 Å². The zero-order chi connectivity index (χ0) is 22.1. The first-order valence-electron chi connectivity index (χ1n) is 10.5. The zero-order valence-corrected chi connectivity index (χ0v) is 18.3. The van der Waals surface area contributed by atoms with Crippen LogP contribution in [-0.4, -0.2) is 34.7 Å². The Morgan fingerprint density at radius 2 is 1.75 bits per heavy atom. The standard InChI is InChI=1S/C26H24N4O2/c1-17-25(18-10-12-20(31-2)13-11-18)26-28-22(21-8-4-5-9-24(21)32-3)15-23(30(26)29-17)19-7-6-14-27-16-19/h4-14,16,23H,15H2,1-3H3/t23-/m0/s1. The molecule has 0 fully saturated rings. The predicted molar refractivity (Wildman–Crippen MR) is 125 cm³/mol. The minimum atomic E-state index is -0.0122. The van der Waals surface area contributed by atoms with Crippen LogP contribution in [0.15, 0.2) is 78.0 Å². The molecule has 1 aliphatic heterocycles. The van der Waals surface area contributed by atoms with E-state index in [9.17, 15) is 0 Å². The van der Waals surface area contributed by atoms with E-state index < -0.39 is 0 Å². The van der Waals surface area contributed by atoms with Gasteiger partial charge in [0.05, 0.1) is 31.7 Å². The summed E-state index contributed by atoms with van der Waals surface area (Å²) < 4.78 is 13.0. The van der Waals surface area contributed by atoms with Crippen molar-refractivity contribution in [2.45, 2.75) is 19.4 Å². The predicted octanol–water partition coefficient (Wildman–Crippen LogP) is 5.38. The Balaban J connectivity index is 1.72. The number of fused-ring (bicyclic) bond motifs is 1.